The number of aromatic hydroxyl groups is 2. The minimum Gasteiger partial charge on any atom is -0.505 e. The third-order valence-electron chi connectivity index (χ3n) is 9.23. The number of nitrogens with zero attached hydrogens (tertiary/aromatic N) is 4. The van der Waals surface area contributed by atoms with Gasteiger partial charge in [-0.25, -0.2) is 16.8 Å². The largest absolute Gasteiger partial charge is 0.505 e. The first kappa shape index (κ1) is 49.0. The van der Waals surface area contributed by atoms with Gasteiger partial charge in [-0.15, -0.1) is 10.2 Å². The van der Waals surface area contributed by atoms with Crippen molar-refractivity contribution in [3.05, 3.63) is 83.9 Å². The zero-order valence-corrected chi connectivity index (χ0v) is 38.0. The molecule has 10 N–H and O–H groups in total. The Morgan fingerprint density at radius 3 is 1.18 bits per heavy atom. The average Bonchev–Trinajstić information content (AvgIpc) is 3.16. The standard InChI is InChI=1S/C36H30N6O18S6/c1-61(45,46)27-13-21(39-41-33-29(62(2,47)48)11-19-9-23(63(49,50)51)15-25(37)31(19)35(33)43)7-5-17(27)3-4-18-6-8-22(14-28(18)65(55,56)57)40-42-34-30(66(58,59)60)12-20-10-24(64(52,53)54)16-26(38)32(20)36(34)44/h3-16,43-44H,37-38H2,1-2H3,(H,49,50,51)(H,52,53,54)(H,55,56,57)(H,58,59,60)/b4-3+,41-39?,42-40?. The molecule has 0 aromatic heterocycles. The predicted molar refractivity (Wildman–Crippen MR) is 236 cm³/mol. The lowest BCUT2D eigenvalue weighted by Gasteiger charge is -2.12. The Morgan fingerprint density at radius 2 is 0.803 bits per heavy atom. The molecule has 30 heteroatoms. The van der Waals surface area contributed by atoms with Crippen molar-refractivity contribution in [1.82, 2.24) is 0 Å². The number of sulfone groups is 2. The number of phenols is 2. The highest BCUT2D eigenvalue weighted by Gasteiger charge is 2.27. The van der Waals surface area contributed by atoms with Crippen molar-refractivity contribution < 1.29 is 78.9 Å². The van der Waals surface area contributed by atoms with E-state index in [0.29, 0.717) is 6.07 Å². The van der Waals surface area contributed by atoms with Crippen LogP contribution in [0.3, 0.4) is 0 Å². The van der Waals surface area contributed by atoms with Crippen LogP contribution < -0.4 is 11.5 Å². The minimum absolute atomic E-state index is 0.0956. The lowest BCUT2D eigenvalue weighted by atomic mass is 10.1. The first-order valence-corrected chi connectivity index (χ1v) is 27.0. The van der Waals surface area contributed by atoms with E-state index in [2.05, 4.69) is 20.5 Å². The van der Waals surface area contributed by atoms with Crippen molar-refractivity contribution >= 4 is 128 Å². The van der Waals surface area contributed by atoms with Gasteiger partial charge in [-0.1, -0.05) is 24.3 Å². The molecule has 6 aromatic carbocycles. The molecule has 6 rings (SSSR count). The molecule has 0 radical (unpaired) electrons. The smallest absolute Gasteiger partial charge is 0.296 e. The molecular weight excluding hydrogens is 997 g/mol. The summed E-state index contributed by atoms with van der Waals surface area (Å²) in [6.45, 7) is 0. The minimum atomic E-state index is -5.26. The number of nitrogens with two attached hydrogens (primary N) is 2. The Morgan fingerprint density at radius 1 is 0.439 bits per heavy atom. The average molecular weight is 1030 g/mol. The molecular formula is C36H30N6O18S6. The number of azo groups is 2. The second-order valence-electron chi connectivity index (χ2n) is 14.0. The van der Waals surface area contributed by atoms with E-state index in [1.54, 1.807) is 0 Å². The van der Waals surface area contributed by atoms with Crippen molar-refractivity contribution in [3.8, 4) is 11.5 Å². The maximum absolute atomic E-state index is 13.0. The van der Waals surface area contributed by atoms with E-state index in [4.69, 9.17) is 11.5 Å². The fourth-order valence-electron chi connectivity index (χ4n) is 6.34. The van der Waals surface area contributed by atoms with Crippen LogP contribution in [0, 0.1) is 0 Å². The number of fused-ring (bicyclic) bond motifs is 2. The summed E-state index contributed by atoms with van der Waals surface area (Å²) in [4.78, 5) is -4.57. The van der Waals surface area contributed by atoms with E-state index in [9.17, 15) is 78.9 Å². The van der Waals surface area contributed by atoms with Gasteiger partial charge in [-0.05, 0) is 82.6 Å². The molecule has 24 nitrogen and oxygen atoms in total. The summed E-state index contributed by atoms with van der Waals surface area (Å²) in [6.07, 6.45) is 3.72. The number of hydrogen-bond acceptors (Lipinski definition) is 20. The monoisotopic (exact) mass is 1030 g/mol. The van der Waals surface area contributed by atoms with Gasteiger partial charge >= 0.3 is 0 Å². The molecule has 0 saturated carbocycles. The van der Waals surface area contributed by atoms with E-state index in [-0.39, 0.29) is 38.4 Å². The Labute approximate surface area is 374 Å². The van der Waals surface area contributed by atoms with E-state index < -0.39 is 129 Å². The van der Waals surface area contributed by atoms with Gasteiger partial charge < -0.3 is 21.7 Å². The molecule has 0 aliphatic rings. The van der Waals surface area contributed by atoms with Crippen LogP contribution in [0.25, 0.3) is 33.7 Å². The summed E-state index contributed by atoms with van der Waals surface area (Å²) in [7, 11) is -28.5. The summed E-state index contributed by atoms with van der Waals surface area (Å²) in [5.74, 6) is -1.90. The van der Waals surface area contributed by atoms with Crippen molar-refractivity contribution in [2.75, 3.05) is 24.0 Å². The molecule has 0 saturated heterocycles. The molecule has 0 spiro atoms. The van der Waals surface area contributed by atoms with Gasteiger partial charge in [0.1, 0.15) is 21.2 Å². The number of phenolic OH excluding ortho intramolecular Hbond substituents is 2. The molecule has 0 aliphatic heterocycles. The van der Waals surface area contributed by atoms with Gasteiger partial charge in [0.25, 0.3) is 40.5 Å². The molecule has 66 heavy (non-hydrogen) atoms. The van der Waals surface area contributed by atoms with Crippen molar-refractivity contribution in [3.63, 3.8) is 0 Å². The zero-order valence-electron chi connectivity index (χ0n) is 33.1. The van der Waals surface area contributed by atoms with Crippen LogP contribution in [-0.4, -0.2) is 91.4 Å². The molecule has 0 bridgehead atoms. The Bertz CT molecular complexity index is 3660. The maximum atomic E-state index is 13.0. The van der Waals surface area contributed by atoms with E-state index in [1.165, 1.54) is 12.1 Å². The van der Waals surface area contributed by atoms with Crippen LogP contribution >= 0.6 is 0 Å². The van der Waals surface area contributed by atoms with Crippen LogP contribution in [-0.2, 0) is 60.1 Å². The molecule has 0 unspecified atom stereocenters. The Balaban J connectivity index is 1.40. The Hall–Kier alpha value is -6.48. The molecule has 6 aromatic rings. The fraction of sp³-hybridized carbons (Fsp3) is 0.0556. The SMILES string of the molecule is CS(=O)(=O)c1cc(N=Nc2c(S(C)(=O)=O)cc3cc(S(=O)(=O)O)cc(N)c3c2O)ccc1/C=C/c1ccc(N=Nc2c(S(=O)(=O)O)cc3cc(S(=O)(=O)O)cc(N)c3c2O)cc1S(=O)(=O)O. The fourth-order valence-corrected chi connectivity index (χ4v) is 10.5. The molecule has 0 heterocycles. The Kier molecular flexibility index (Phi) is 12.4. The predicted octanol–water partition coefficient (Wildman–Crippen LogP) is 5.36. The third kappa shape index (κ3) is 10.2. The van der Waals surface area contributed by atoms with Crippen LogP contribution in [0.5, 0.6) is 11.5 Å². The number of nitrogen functional groups attached to an aromatic ring is 2. The normalized spacial score (nSPS) is 13.5. The number of anilines is 2. The van der Waals surface area contributed by atoms with Gasteiger partial charge in [0.15, 0.2) is 31.2 Å². The highest BCUT2D eigenvalue weighted by molar-refractivity contribution is 7.91. The van der Waals surface area contributed by atoms with E-state index in [0.717, 1.165) is 79.3 Å². The molecule has 0 atom stereocenters. The van der Waals surface area contributed by atoms with E-state index in [1.807, 2.05) is 0 Å². The second-order valence-corrected chi connectivity index (χ2v) is 23.6. The molecule has 348 valence electrons. The van der Waals surface area contributed by atoms with Gasteiger partial charge in [0, 0.05) is 34.7 Å². The summed E-state index contributed by atoms with van der Waals surface area (Å²) < 4.78 is 187. The topological polar surface area (TPSA) is 428 Å². The van der Waals surface area contributed by atoms with Crippen LogP contribution in [0.1, 0.15) is 11.1 Å². The molecule has 0 fully saturated rings. The lowest BCUT2D eigenvalue weighted by molar-refractivity contribution is 0.472. The van der Waals surface area contributed by atoms with Crippen LogP contribution in [0.15, 0.2) is 123 Å². The number of hydrogen-bond donors (Lipinski definition) is 8. The van der Waals surface area contributed by atoms with Crippen LogP contribution in [0.4, 0.5) is 34.1 Å². The maximum Gasteiger partial charge on any atom is 0.296 e. The highest BCUT2D eigenvalue weighted by atomic mass is 32.2. The first-order valence-electron chi connectivity index (χ1n) is 17.4. The summed E-state index contributed by atoms with van der Waals surface area (Å²) >= 11 is 0. The number of rotatable bonds is 12. The molecule has 0 aliphatic carbocycles. The van der Waals surface area contributed by atoms with Gasteiger partial charge in [-0.3, -0.25) is 18.2 Å². The molecule has 0 amide bonds. The first-order chi connectivity index (χ1) is 30.2. The zero-order chi connectivity index (χ0) is 49.3. The highest BCUT2D eigenvalue weighted by Crippen LogP contribution is 2.46. The number of benzene rings is 6. The van der Waals surface area contributed by atoms with Gasteiger partial charge in [0.05, 0.1) is 31.0 Å². The van der Waals surface area contributed by atoms with Crippen molar-refractivity contribution in [2.24, 2.45) is 20.5 Å². The van der Waals surface area contributed by atoms with Crippen molar-refractivity contribution in [1.29, 1.82) is 0 Å². The quantitative estimate of drug-likeness (QED) is 0.0331. The second kappa shape index (κ2) is 16.7. The van der Waals surface area contributed by atoms with Crippen LogP contribution in [0.2, 0.25) is 0 Å². The van der Waals surface area contributed by atoms with Crippen molar-refractivity contribution in [2.45, 2.75) is 29.4 Å². The summed E-state index contributed by atoms with van der Waals surface area (Å²) in [5.41, 5.74) is 8.28. The van der Waals surface area contributed by atoms with Gasteiger partial charge in [0.2, 0.25) is 0 Å². The van der Waals surface area contributed by atoms with E-state index >= 15 is 0 Å². The lowest BCUT2D eigenvalue weighted by Crippen LogP contribution is -2.02. The van der Waals surface area contributed by atoms with Gasteiger partial charge in [-0.2, -0.15) is 43.9 Å². The summed E-state index contributed by atoms with van der Waals surface area (Å²) in [6, 6.07) is 11.0. The summed E-state index contributed by atoms with van der Waals surface area (Å²) in [5, 5.41) is 35.9. The third-order valence-corrected chi connectivity index (χ3v) is 14.9.